The smallest absolute Gasteiger partial charge is 0.330 e. The average molecular weight is 637 g/mol. The number of thiazole rings is 1. The van der Waals surface area contributed by atoms with Crippen LogP contribution >= 0.6 is 22.9 Å². The summed E-state index contributed by atoms with van der Waals surface area (Å²) in [5.41, 5.74) is -0.163. The molecule has 2 aliphatic heterocycles. The Hall–Kier alpha value is -4.41. The molecule has 1 saturated carbocycles. The number of carboxylic acids is 1. The summed E-state index contributed by atoms with van der Waals surface area (Å²) in [5, 5.41) is 29.2. The predicted molar refractivity (Wildman–Crippen MR) is 163 cm³/mol. The molecule has 1 saturated heterocycles. The van der Waals surface area contributed by atoms with Gasteiger partial charge in [-0.15, -0.1) is 11.3 Å². The highest BCUT2D eigenvalue weighted by atomic mass is 35.5. The van der Waals surface area contributed by atoms with Gasteiger partial charge in [-0.25, -0.2) is 19.6 Å². The Morgan fingerprint density at radius 1 is 1.32 bits per heavy atom. The number of methoxy groups -OCH3 is 1. The molecule has 12 nitrogen and oxygen atoms in total. The third kappa shape index (κ3) is 5.75. The van der Waals surface area contributed by atoms with Gasteiger partial charge < -0.3 is 29.6 Å². The van der Waals surface area contributed by atoms with Crippen LogP contribution in [0.4, 0.5) is 4.79 Å². The molecular weight excluding hydrogens is 608 g/mol. The van der Waals surface area contributed by atoms with Gasteiger partial charge in [0.05, 0.1) is 25.2 Å². The highest BCUT2D eigenvalue weighted by molar-refractivity contribution is 7.13. The molecule has 2 aromatic heterocycles. The molecule has 3 aliphatic rings. The van der Waals surface area contributed by atoms with E-state index in [4.69, 9.17) is 30.9 Å². The summed E-state index contributed by atoms with van der Waals surface area (Å²) in [5.74, 6) is -0.432. The zero-order valence-electron chi connectivity index (χ0n) is 23.7. The molecule has 0 unspecified atom stereocenters. The lowest BCUT2D eigenvalue weighted by Crippen LogP contribution is -2.52. The minimum absolute atomic E-state index is 0.118. The Bertz CT molecular complexity index is 1700. The maximum atomic E-state index is 13.6. The topological polar surface area (TPSA) is 159 Å². The summed E-state index contributed by atoms with van der Waals surface area (Å²) >= 11 is 7.94. The summed E-state index contributed by atoms with van der Waals surface area (Å²) in [6.45, 7) is 0.297. The number of pyridine rings is 1. The molecule has 1 aliphatic carbocycles. The fourth-order valence-electron chi connectivity index (χ4n) is 5.61. The van der Waals surface area contributed by atoms with E-state index < -0.39 is 29.7 Å². The van der Waals surface area contributed by atoms with Crippen LogP contribution in [0.2, 0.25) is 5.02 Å². The van der Waals surface area contributed by atoms with Crippen molar-refractivity contribution in [3.8, 4) is 28.3 Å². The molecule has 1 aromatic carbocycles. The number of carbonyl (C=O) groups is 2. The largest absolute Gasteiger partial charge is 0.495 e. The number of rotatable bonds is 5. The van der Waals surface area contributed by atoms with Crippen LogP contribution in [-0.4, -0.2) is 76.1 Å². The van der Waals surface area contributed by atoms with Crippen LogP contribution in [0, 0.1) is 17.2 Å². The number of urea groups is 1. The molecular formula is C30H29ClN6O6S. The first-order valence-corrected chi connectivity index (χ1v) is 15.4. The highest BCUT2D eigenvalue weighted by Gasteiger charge is 2.61. The van der Waals surface area contributed by atoms with Gasteiger partial charge in [-0.1, -0.05) is 28.9 Å². The summed E-state index contributed by atoms with van der Waals surface area (Å²) in [6, 6.07) is 6.37. The minimum atomic E-state index is -1.34. The van der Waals surface area contributed by atoms with Crippen LogP contribution in [-0.2, 0) is 9.63 Å². The Labute approximate surface area is 261 Å². The molecule has 3 aromatic rings. The van der Waals surface area contributed by atoms with Crippen molar-refractivity contribution in [2.75, 3.05) is 20.3 Å². The number of ether oxygens (including phenoxy) is 2. The van der Waals surface area contributed by atoms with Gasteiger partial charge in [0, 0.05) is 35.4 Å². The number of aliphatic carboxylic acids is 1. The van der Waals surface area contributed by atoms with E-state index in [1.165, 1.54) is 18.4 Å². The van der Waals surface area contributed by atoms with Crippen molar-refractivity contribution in [3.05, 3.63) is 46.4 Å². The molecule has 44 heavy (non-hydrogen) atoms. The molecule has 4 heterocycles. The van der Waals surface area contributed by atoms with Crippen molar-refractivity contribution in [1.29, 1.82) is 5.26 Å². The summed E-state index contributed by atoms with van der Waals surface area (Å²) in [4.78, 5) is 42.0. The van der Waals surface area contributed by atoms with E-state index in [-0.39, 0.29) is 24.8 Å². The molecule has 0 radical (unpaired) electrons. The molecule has 14 heteroatoms. The Balaban J connectivity index is 1.31. The second-order valence-electron chi connectivity index (χ2n) is 10.9. The summed E-state index contributed by atoms with van der Waals surface area (Å²) in [7, 11) is 1.51. The van der Waals surface area contributed by atoms with E-state index in [1.807, 2.05) is 18.2 Å². The molecule has 0 bridgehead atoms. The number of hydrogen-bond donors (Lipinski definition) is 2. The second-order valence-corrected chi connectivity index (χ2v) is 12.1. The normalized spacial score (nSPS) is 26.5. The fraction of sp³-hybridized carbons (Fsp3) is 0.400. The molecule has 2 fully saturated rings. The van der Waals surface area contributed by atoms with Gasteiger partial charge in [-0.3, -0.25) is 0 Å². The van der Waals surface area contributed by atoms with Crippen LogP contribution in [0.3, 0.4) is 0 Å². The number of carboxylic acid groups (broad SMARTS) is 1. The number of halogens is 1. The van der Waals surface area contributed by atoms with Gasteiger partial charge in [0.15, 0.2) is 5.69 Å². The number of nitrogens with one attached hydrogen (secondary N) is 1. The van der Waals surface area contributed by atoms with Crippen molar-refractivity contribution in [1.82, 2.24) is 20.2 Å². The van der Waals surface area contributed by atoms with Crippen molar-refractivity contribution in [2.45, 2.75) is 49.8 Å². The maximum Gasteiger partial charge on any atom is 0.330 e. The van der Waals surface area contributed by atoms with Crippen molar-refractivity contribution < 1.29 is 29.0 Å². The number of oxime groups is 1. The number of carbonyl (C=O) groups excluding carboxylic acids is 1. The van der Waals surface area contributed by atoms with Crippen LogP contribution < -0.4 is 14.8 Å². The predicted octanol–water partition coefficient (Wildman–Crippen LogP) is 5.01. The summed E-state index contributed by atoms with van der Waals surface area (Å²) in [6.07, 6.45) is 8.17. The van der Waals surface area contributed by atoms with Crippen LogP contribution in [0.15, 0.2) is 40.9 Å². The number of hydrogen-bond acceptors (Lipinski definition) is 10. The van der Waals surface area contributed by atoms with Crippen LogP contribution in [0.1, 0.15) is 37.8 Å². The van der Waals surface area contributed by atoms with Gasteiger partial charge in [0.1, 0.15) is 51.5 Å². The lowest BCUT2D eigenvalue weighted by molar-refractivity contribution is -0.140. The van der Waals surface area contributed by atoms with E-state index in [2.05, 4.69) is 15.5 Å². The monoisotopic (exact) mass is 636 g/mol. The molecule has 6 rings (SSSR count). The third-order valence-electron chi connectivity index (χ3n) is 8.05. The molecule has 2 amide bonds. The van der Waals surface area contributed by atoms with Crippen molar-refractivity contribution in [3.63, 3.8) is 0 Å². The lowest BCUT2D eigenvalue weighted by Gasteiger charge is -2.26. The first-order valence-electron chi connectivity index (χ1n) is 14.2. The number of aromatic nitrogens is 2. The third-order valence-corrected chi connectivity index (χ3v) is 9.28. The van der Waals surface area contributed by atoms with E-state index in [1.54, 1.807) is 34.7 Å². The van der Waals surface area contributed by atoms with E-state index >= 15 is 0 Å². The highest BCUT2D eigenvalue weighted by Crippen LogP contribution is 2.45. The Morgan fingerprint density at radius 3 is 2.95 bits per heavy atom. The van der Waals surface area contributed by atoms with Crippen LogP contribution in [0.5, 0.6) is 11.5 Å². The maximum absolute atomic E-state index is 13.6. The average Bonchev–Trinajstić information content (AvgIpc) is 3.31. The second kappa shape index (κ2) is 12.3. The number of fused-ring (bicyclic) bond motifs is 3. The van der Waals surface area contributed by atoms with Gasteiger partial charge in [-0.05, 0) is 37.8 Å². The minimum Gasteiger partial charge on any atom is -0.495 e. The van der Waals surface area contributed by atoms with Gasteiger partial charge >= 0.3 is 12.0 Å². The molecule has 4 atom stereocenters. The summed E-state index contributed by atoms with van der Waals surface area (Å²) < 4.78 is 11.9. The quantitative estimate of drug-likeness (QED) is 0.367. The Morgan fingerprint density at radius 2 is 2.18 bits per heavy atom. The molecule has 0 spiro atoms. The SMILES string of the molecule is COc1ccc2c(O[C@H]3C[C@H]4CO/N=C/CCC/C=C\[C@H]5C[C@@]5(C(=O)O)NC(=O)N4C3)cc(-c3nc(C#N)cs3)nc2c1Cl. The van der Waals surface area contributed by atoms with Gasteiger partial charge in [0.25, 0.3) is 0 Å². The van der Waals surface area contributed by atoms with E-state index in [0.717, 1.165) is 19.3 Å². The first kappa shape index (κ1) is 29.7. The van der Waals surface area contributed by atoms with E-state index in [9.17, 15) is 20.0 Å². The molecule has 228 valence electrons. The number of nitriles is 1. The van der Waals surface area contributed by atoms with Crippen molar-refractivity contribution >= 4 is 52.1 Å². The lowest BCUT2D eigenvalue weighted by atomic mass is 10.1. The van der Waals surface area contributed by atoms with Gasteiger partial charge in [-0.2, -0.15) is 5.26 Å². The van der Waals surface area contributed by atoms with Crippen molar-refractivity contribution in [2.24, 2.45) is 11.1 Å². The number of amides is 2. The molecule has 2 N–H and O–H groups in total. The van der Waals surface area contributed by atoms with Gasteiger partial charge in [0.2, 0.25) is 0 Å². The first-order chi connectivity index (χ1) is 21.3. The number of nitrogens with zero attached hydrogens (tertiary/aromatic N) is 5. The van der Waals surface area contributed by atoms with Crippen LogP contribution in [0.25, 0.3) is 21.6 Å². The number of allylic oxidation sites excluding steroid dienone is 1. The Kier molecular flexibility index (Phi) is 8.29. The van der Waals surface area contributed by atoms with E-state index in [0.29, 0.717) is 51.0 Å². The zero-order valence-corrected chi connectivity index (χ0v) is 25.3. The zero-order chi connectivity index (χ0) is 30.8. The number of benzene rings is 1. The fourth-order valence-corrected chi connectivity index (χ4v) is 6.60. The standard InChI is InChI=1S/C30H29ClN6O6S/c1-41-23-8-7-21-24(11-22(35-26(21)25(23)31)27-34-18(13-32)16-44-27)43-20-10-19-15-42-33-9-5-3-2-4-6-17-12-30(17,28(38)39)36-29(40)37(19)14-20/h4,6-9,11,16-17,19-20H,2-3,5,10,12,14-15H2,1H3,(H,36,40)(H,38,39)/b6-4-,33-9+/t17-,19-,20-,30+/m0/s1.